The van der Waals surface area contributed by atoms with E-state index in [9.17, 15) is 18.0 Å². The summed E-state index contributed by atoms with van der Waals surface area (Å²) in [5.41, 5.74) is 0.181. The van der Waals surface area contributed by atoms with Gasteiger partial charge in [-0.2, -0.15) is 0 Å². The molecule has 9 nitrogen and oxygen atoms in total. The monoisotopic (exact) mass is 438 g/mol. The summed E-state index contributed by atoms with van der Waals surface area (Å²) in [5.74, 6) is -0.560. The topological polar surface area (TPSA) is 109 Å². The number of carbonyl (C=O) groups excluding carboxylic acids is 2. The van der Waals surface area contributed by atoms with Gasteiger partial charge in [-0.15, -0.1) is 11.3 Å². The second-order valence-electron chi connectivity index (χ2n) is 6.64. The molecule has 1 saturated heterocycles. The number of benzene rings is 1. The van der Waals surface area contributed by atoms with E-state index in [0.717, 1.165) is 4.31 Å². The number of methoxy groups -OCH3 is 1. The third-order valence-corrected chi connectivity index (χ3v) is 7.17. The molecule has 1 N–H and O–H groups in total. The van der Waals surface area contributed by atoms with E-state index in [0.29, 0.717) is 24.5 Å². The molecule has 0 aliphatic carbocycles. The highest BCUT2D eigenvalue weighted by atomic mass is 32.2. The van der Waals surface area contributed by atoms with Crippen molar-refractivity contribution in [2.24, 2.45) is 0 Å². The number of nitrogens with zero attached hydrogens (tertiary/aromatic N) is 3. The summed E-state index contributed by atoms with van der Waals surface area (Å²) < 4.78 is 31.4. The molecule has 2 heterocycles. The maximum Gasteiger partial charge on any atom is 0.254 e. The summed E-state index contributed by atoms with van der Waals surface area (Å²) in [5, 5.41) is 4.94. The zero-order valence-corrected chi connectivity index (χ0v) is 17.9. The summed E-state index contributed by atoms with van der Waals surface area (Å²) in [6.45, 7) is 0.413. The molecule has 156 valence electrons. The van der Waals surface area contributed by atoms with Gasteiger partial charge in [0.25, 0.3) is 5.91 Å². The molecule has 1 aromatic heterocycles. The molecule has 0 bridgehead atoms. The number of rotatable bonds is 6. The minimum absolute atomic E-state index is 0.0983. The van der Waals surface area contributed by atoms with Crippen molar-refractivity contribution in [1.29, 1.82) is 0 Å². The summed E-state index contributed by atoms with van der Waals surface area (Å²) in [6, 6.07) is 3.61. The van der Waals surface area contributed by atoms with Gasteiger partial charge in [-0.25, -0.2) is 17.7 Å². The molecule has 0 spiro atoms. The van der Waals surface area contributed by atoms with Crippen LogP contribution in [0, 0.1) is 0 Å². The third kappa shape index (κ3) is 4.26. The van der Waals surface area contributed by atoms with Crippen molar-refractivity contribution >= 4 is 38.3 Å². The number of carbonyl (C=O) groups is 2. The van der Waals surface area contributed by atoms with Gasteiger partial charge in [-0.3, -0.25) is 9.59 Å². The molecule has 1 aliphatic heterocycles. The molecule has 1 aromatic carbocycles. The number of aromatic nitrogens is 1. The zero-order valence-electron chi connectivity index (χ0n) is 16.3. The molecule has 29 heavy (non-hydrogen) atoms. The van der Waals surface area contributed by atoms with E-state index in [2.05, 4.69) is 10.3 Å². The number of amides is 2. The number of hydrogen-bond acceptors (Lipinski definition) is 7. The number of likely N-dealkylation sites (tertiary alicyclic amines) is 1. The highest BCUT2D eigenvalue weighted by Crippen LogP contribution is 2.29. The lowest BCUT2D eigenvalue weighted by molar-refractivity contribution is -0.119. The largest absolute Gasteiger partial charge is 0.495 e. The molecular weight excluding hydrogens is 416 g/mol. The number of hydrogen-bond donors (Lipinski definition) is 1. The fraction of sp³-hybridized carbons (Fsp3) is 0.389. The molecule has 1 fully saturated rings. The fourth-order valence-electron chi connectivity index (χ4n) is 3.13. The molecular formula is C18H22N4O5S2. The summed E-state index contributed by atoms with van der Waals surface area (Å²) in [4.78, 5) is 31.1. The Bertz CT molecular complexity index is 1010. The van der Waals surface area contributed by atoms with Crippen molar-refractivity contribution in [3.63, 3.8) is 0 Å². The second kappa shape index (κ2) is 8.47. The van der Waals surface area contributed by atoms with Gasteiger partial charge in [0.1, 0.15) is 16.7 Å². The first-order valence-corrected chi connectivity index (χ1v) is 11.2. The summed E-state index contributed by atoms with van der Waals surface area (Å²) >= 11 is 1.30. The van der Waals surface area contributed by atoms with Crippen LogP contribution in [0.1, 0.15) is 23.2 Å². The van der Waals surface area contributed by atoms with E-state index < -0.39 is 22.0 Å². The smallest absolute Gasteiger partial charge is 0.254 e. The van der Waals surface area contributed by atoms with Gasteiger partial charge in [-0.05, 0) is 31.0 Å². The average Bonchev–Trinajstić information content (AvgIpc) is 3.38. The maximum atomic E-state index is 13.1. The average molecular weight is 439 g/mol. The first-order chi connectivity index (χ1) is 13.8. The van der Waals surface area contributed by atoms with E-state index in [1.54, 1.807) is 11.6 Å². The molecule has 1 aliphatic rings. The highest BCUT2D eigenvalue weighted by molar-refractivity contribution is 7.89. The summed E-state index contributed by atoms with van der Waals surface area (Å²) in [6.07, 6.45) is 2.80. The van der Waals surface area contributed by atoms with E-state index >= 15 is 0 Å². The van der Waals surface area contributed by atoms with E-state index in [4.69, 9.17) is 4.74 Å². The van der Waals surface area contributed by atoms with E-state index in [1.165, 1.54) is 55.6 Å². The van der Waals surface area contributed by atoms with Crippen LogP contribution in [0.5, 0.6) is 5.75 Å². The van der Waals surface area contributed by atoms with Gasteiger partial charge in [0.05, 0.1) is 7.11 Å². The molecule has 1 atom stereocenters. The highest BCUT2D eigenvalue weighted by Gasteiger charge is 2.35. The Morgan fingerprint density at radius 2 is 2.10 bits per heavy atom. The van der Waals surface area contributed by atoms with Crippen molar-refractivity contribution in [2.45, 2.75) is 23.8 Å². The van der Waals surface area contributed by atoms with E-state index in [-0.39, 0.29) is 22.1 Å². The van der Waals surface area contributed by atoms with Crippen LogP contribution in [0.3, 0.4) is 0 Å². The van der Waals surface area contributed by atoms with Crippen LogP contribution in [0.4, 0.5) is 5.13 Å². The number of ether oxygens (including phenoxy) is 1. The van der Waals surface area contributed by atoms with Crippen molar-refractivity contribution in [2.75, 3.05) is 33.1 Å². The Hall–Kier alpha value is -2.50. The Morgan fingerprint density at radius 3 is 2.72 bits per heavy atom. The molecule has 3 rings (SSSR count). The van der Waals surface area contributed by atoms with E-state index in [1.807, 2.05) is 0 Å². The molecule has 2 amide bonds. The molecule has 1 unspecified atom stereocenters. The number of thiazole rings is 1. The van der Waals surface area contributed by atoms with Crippen molar-refractivity contribution in [3.8, 4) is 5.75 Å². The fourth-order valence-corrected chi connectivity index (χ4v) is 4.74. The Morgan fingerprint density at radius 1 is 1.34 bits per heavy atom. The van der Waals surface area contributed by atoms with Gasteiger partial charge in [0.15, 0.2) is 5.13 Å². The quantitative estimate of drug-likeness (QED) is 0.735. The van der Waals surface area contributed by atoms with Crippen LogP contribution < -0.4 is 10.1 Å². The van der Waals surface area contributed by atoms with Crippen LogP contribution in [0.25, 0.3) is 0 Å². The van der Waals surface area contributed by atoms with Crippen LogP contribution in [0.15, 0.2) is 34.7 Å². The number of nitrogens with one attached hydrogen (secondary N) is 1. The molecule has 0 saturated carbocycles. The number of sulfonamides is 1. The SMILES string of the molecule is COc1ccc(C(=O)N2CCCC2C(=O)Nc2nccs2)cc1S(=O)(=O)N(C)C. The van der Waals surface area contributed by atoms with Crippen LogP contribution in [-0.2, 0) is 14.8 Å². The predicted octanol–water partition coefficient (Wildman–Crippen LogP) is 1.65. The van der Waals surface area contributed by atoms with Gasteiger partial charge in [0.2, 0.25) is 15.9 Å². The third-order valence-electron chi connectivity index (χ3n) is 4.65. The minimum atomic E-state index is -3.81. The lowest BCUT2D eigenvalue weighted by atomic mass is 10.1. The number of anilines is 1. The molecule has 0 radical (unpaired) electrons. The summed E-state index contributed by atoms with van der Waals surface area (Å²) in [7, 11) is 0.365. The van der Waals surface area contributed by atoms with Gasteiger partial charge >= 0.3 is 0 Å². The Labute approximate surface area is 173 Å². The Kier molecular flexibility index (Phi) is 6.20. The van der Waals surface area contributed by atoms with Gasteiger partial charge in [0, 0.05) is 37.8 Å². The molecule has 2 aromatic rings. The van der Waals surface area contributed by atoms with Crippen molar-refractivity contribution in [1.82, 2.24) is 14.2 Å². The Balaban J connectivity index is 1.88. The molecule has 11 heteroatoms. The van der Waals surface area contributed by atoms with Crippen LogP contribution in [0.2, 0.25) is 0 Å². The zero-order chi connectivity index (χ0) is 21.2. The first-order valence-electron chi connectivity index (χ1n) is 8.87. The van der Waals surface area contributed by atoms with Crippen LogP contribution in [-0.4, -0.2) is 68.2 Å². The predicted molar refractivity (Wildman–Crippen MR) is 109 cm³/mol. The maximum absolute atomic E-state index is 13.1. The normalized spacial score (nSPS) is 16.8. The minimum Gasteiger partial charge on any atom is -0.495 e. The lowest BCUT2D eigenvalue weighted by Gasteiger charge is -2.24. The lowest BCUT2D eigenvalue weighted by Crippen LogP contribution is -2.43. The van der Waals surface area contributed by atoms with Gasteiger partial charge < -0.3 is 15.0 Å². The van der Waals surface area contributed by atoms with Crippen molar-refractivity contribution < 1.29 is 22.7 Å². The standard InChI is InChI=1S/C18H22N4O5S2/c1-21(2)29(25,26)15-11-12(6-7-14(15)27-3)17(24)22-9-4-5-13(22)16(23)20-18-19-8-10-28-18/h6-8,10-11,13H,4-5,9H2,1-3H3,(H,19,20,23). The van der Waals surface area contributed by atoms with Crippen molar-refractivity contribution in [3.05, 3.63) is 35.3 Å². The van der Waals surface area contributed by atoms with Crippen LogP contribution >= 0.6 is 11.3 Å². The first kappa shape index (κ1) is 21.2. The second-order valence-corrected chi connectivity index (χ2v) is 9.65. The van der Waals surface area contributed by atoms with Gasteiger partial charge in [-0.1, -0.05) is 0 Å².